The molecule has 2 amide bonds. The first-order valence-corrected chi connectivity index (χ1v) is 15.2. The van der Waals surface area contributed by atoms with Crippen molar-refractivity contribution < 1.29 is 14.3 Å². The van der Waals surface area contributed by atoms with Gasteiger partial charge in [-0.1, -0.05) is 0 Å². The topological polar surface area (TPSA) is 110 Å². The Balaban J connectivity index is 1.17. The van der Waals surface area contributed by atoms with Gasteiger partial charge in [0.2, 0.25) is 11.8 Å². The van der Waals surface area contributed by atoms with Crippen molar-refractivity contribution in [3.63, 3.8) is 0 Å². The molecule has 0 radical (unpaired) electrons. The molecule has 0 spiro atoms. The molecule has 10 nitrogen and oxygen atoms in total. The zero-order valence-corrected chi connectivity index (χ0v) is 24.3. The highest BCUT2D eigenvalue weighted by Crippen LogP contribution is 2.39. The molecule has 37 heavy (non-hydrogen) atoms. The van der Waals surface area contributed by atoms with Gasteiger partial charge in [-0.3, -0.25) is 25.6 Å². The van der Waals surface area contributed by atoms with Crippen LogP contribution in [-0.2, 0) is 14.3 Å². The number of ether oxygens (including phenoxy) is 1. The van der Waals surface area contributed by atoms with Crippen LogP contribution in [0.4, 0.5) is 0 Å². The third kappa shape index (κ3) is 5.76. The van der Waals surface area contributed by atoms with E-state index >= 15 is 0 Å². The van der Waals surface area contributed by atoms with Crippen molar-refractivity contribution >= 4 is 46.8 Å². The molecule has 5 heterocycles. The molecule has 5 aliphatic rings. The number of methoxy groups -OCH3 is 1. The minimum absolute atomic E-state index is 0.000381. The molecule has 13 heteroatoms. The first-order valence-electron chi connectivity index (χ1n) is 13.4. The summed E-state index contributed by atoms with van der Waals surface area (Å²) >= 11 is 14.7. The lowest BCUT2D eigenvalue weighted by atomic mass is 9.70. The lowest BCUT2D eigenvalue weighted by Crippen LogP contribution is -2.57. The minimum Gasteiger partial charge on any atom is -0.380 e. The van der Waals surface area contributed by atoms with Crippen molar-refractivity contribution in [3.8, 4) is 0 Å². The van der Waals surface area contributed by atoms with Crippen LogP contribution in [0.1, 0.15) is 26.7 Å². The monoisotopic (exact) mass is 577 g/mol. The molecule has 0 aromatic heterocycles. The van der Waals surface area contributed by atoms with Gasteiger partial charge in [-0.15, -0.1) is 35.0 Å². The largest absolute Gasteiger partial charge is 0.380 e. The predicted molar refractivity (Wildman–Crippen MR) is 146 cm³/mol. The van der Waals surface area contributed by atoms with Gasteiger partial charge in [-0.25, -0.2) is 5.01 Å². The average molecular weight is 579 g/mol. The Morgan fingerprint density at radius 2 is 1.86 bits per heavy atom. The highest BCUT2D eigenvalue weighted by Gasteiger charge is 2.49. The first kappa shape index (κ1) is 28.2. The van der Waals surface area contributed by atoms with E-state index in [2.05, 4.69) is 33.6 Å². The Hall–Kier alpha value is -0.370. The van der Waals surface area contributed by atoms with Crippen molar-refractivity contribution in [2.75, 3.05) is 40.3 Å². The standard InChI is InChI=1S/C24H41Cl2N7O3S/c1-11-5-13(14-6-19(25)28-8-17(14)36-4)15(7-27-11)22(34)30-24-29-16-9-33(10-18(16)37-24)23(35)20-12(2)31-32(3)21(20)26/h11-21,24,27-29,31H,5-10H2,1-4H3,(H,30,34). The molecule has 12 atom stereocenters. The Morgan fingerprint density at radius 1 is 1.08 bits per heavy atom. The number of nitrogens with one attached hydrogen (secondary N) is 5. The number of piperidine rings is 2. The van der Waals surface area contributed by atoms with Crippen LogP contribution in [0.2, 0.25) is 0 Å². The summed E-state index contributed by atoms with van der Waals surface area (Å²) < 4.78 is 5.80. The van der Waals surface area contributed by atoms with E-state index < -0.39 is 0 Å². The summed E-state index contributed by atoms with van der Waals surface area (Å²) in [5.41, 5.74) is 2.61. The Kier molecular flexibility index (Phi) is 8.85. The van der Waals surface area contributed by atoms with Crippen molar-refractivity contribution in [1.29, 1.82) is 0 Å². The highest BCUT2D eigenvalue weighted by molar-refractivity contribution is 8.00. The number of halogens is 2. The van der Waals surface area contributed by atoms with Gasteiger partial charge in [0.15, 0.2) is 0 Å². The smallest absolute Gasteiger partial charge is 0.230 e. The van der Waals surface area contributed by atoms with Crippen molar-refractivity contribution in [2.45, 2.75) is 72.7 Å². The number of thioether (sulfide) groups is 1. The van der Waals surface area contributed by atoms with E-state index in [-0.39, 0.29) is 75.4 Å². The number of alkyl halides is 2. The van der Waals surface area contributed by atoms with Crippen LogP contribution in [0.15, 0.2) is 0 Å². The van der Waals surface area contributed by atoms with E-state index in [1.807, 2.05) is 23.9 Å². The number of nitrogens with zero attached hydrogens (tertiary/aromatic N) is 2. The van der Waals surface area contributed by atoms with Crippen LogP contribution in [0.25, 0.3) is 0 Å². The summed E-state index contributed by atoms with van der Waals surface area (Å²) in [5.74, 6) is 0.181. The molecule has 5 fully saturated rings. The van der Waals surface area contributed by atoms with Gasteiger partial charge >= 0.3 is 0 Å². The normalized spacial score (nSPS) is 46.7. The first-order chi connectivity index (χ1) is 17.7. The maximum Gasteiger partial charge on any atom is 0.230 e. The Bertz CT molecular complexity index is 847. The van der Waals surface area contributed by atoms with Crippen LogP contribution >= 0.6 is 35.0 Å². The number of hydrogen-bond donors (Lipinski definition) is 5. The molecule has 0 bridgehead atoms. The number of hydrogen-bond acceptors (Lipinski definition) is 9. The second-order valence-electron chi connectivity index (χ2n) is 11.4. The van der Waals surface area contributed by atoms with E-state index in [1.54, 1.807) is 18.9 Å². The summed E-state index contributed by atoms with van der Waals surface area (Å²) in [5, 5.41) is 15.7. The van der Waals surface area contributed by atoms with Gasteiger partial charge in [0, 0.05) is 63.7 Å². The number of carbonyl (C=O) groups is 2. The molecule has 5 saturated heterocycles. The molecular formula is C24H41Cl2N7O3S. The maximum atomic E-state index is 13.6. The van der Waals surface area contributed by atoms with Gasteiger partial charge in [0.25, 0.3) is 0 Å². The summed E-state index contributed by atoms with van der Waals surface area (Å²) in [4.78, 5) is 28.7. The fourth-order valence-corrected chi connectivity index (χ4v) is 9.02. The lowest BCUT2D eigenvalue weighted by molar-refractivity contribution is -0.135. The zero-order valence-electron chi connectivity index (χ0n) is 22.0. The molecule has 0 aliphatic carbocycles. The van der Waals surface area contributed by atoms with Crippen LogP contribution in [0, 0.1) is 23.7 Å². The van der Waals surface area contributed by atoms with Gasteiger partial charge < -0.3 is 20.3 Å². The number of hydrazine groups is 1. The Morgan fingerprint density at radius 3 is 2.54 bits per heavy atom. The number of likely N-dealkylation sites (tertiary alicyclic amines) is 1. The van der Waals surface area contributed by atoms with Crippen molar-refractivity contribution in [2.24, 2.45) is 23.7 Å². The lowest BCUT2D eigenvalue weighted by Gasteiger charge is -2.45. The molecule has 5 N–H and O–H groups in total. The van der Waals surface area contributed by atoms with Gasteiger partial charge in [0.1, 0.15) is 11.0 Å². The third-order valence-electron chi connectivity index (χ3n) is 8.94. The van der Waals surface area contributed by atoms with Crippen molar-refractivity contribution in [3.05, 3.63) is 0 Å². The number of amides is 2. The highest BCUT2D eigenvalue weighted by atomic mass is 35.5. The van der Waals surface area contributed by atoms with Crippen molar-refractivity contribution in [1.82, 2.24) is 36.6 Å². The van der Waals surface area contributed by atoms with Gasteiger partial charge in [0.05, 0.1) is 23.4 Å². The molecule has 0 aromatic carbocycles. The molecule has 0 aromatic rings. The fraction of sp³-hybridized carbons (Fsp3) is 0.917. The van der Waals surface area contributed by atoms with Crippen LogP contribution in [0.3, 0.4) is 0 Å². The summed E-state index contributed by atoms with van der Waals surface area (Å²) in [6, 6.07) is 0.497. The second kappa shape index (κ2) is 11.6. The third-order valence-corrected chi connectivity index (χ3v) is 11.2. The van der Waals surface area contributed by atoms with E-state index in [9.17, 15) is 9.59 Å². The van der Waals surface area contributed by atoms with Gasteiger partial charge in [-0.2, -0.15) is 0 Å². The quantitative estimate of drug-likeness (QED) is 0.230. The van der Waals surface area contributed by atoms with E-state index in [0.29, 0.717) is 32.2 Å². The predicted octanol–water partition coefficient (Wildman–Crippen LogP) is 0.125. The van der Waals surface area contributed by atoms with E-state index in [4.69, 9.17) is 27.9 Å². The minimum atomic E-state index is -0.359. The molecule has 12 unspecified atom stereocenters. The molecule has 210 valence electrons. The summed E-state index contributed by atoms with van der Waals surface area (Å²) in [6.45, 7) is 6.83. The van der Waals surface area contributed by atoms with E-state index in [0.717, 1.165) is 12.8 Å². The fourth-order valence-electron chi connectivity index (χ4n) is 6.94. The van der Waals surface area contributed by atoms with E-state index in [1.165, 1.54) is 0 Å². The molecule has 0 saturated carbocycles. The summed E-state index contributed by atoms with van der Waals surface area (Å²) in [7, 11) is 3.61. The number of carbonyl (C=O) groups excluding carboxylic acids is 2. The average Bonchev–Trinajstić information content (AvgIpc) is 3.49. The number of rotatable bonds is 5. The zero-order chi connectivity index (χ0) is 26.4. The maximum absolute atomic E-state index is 13.6. The molecule has 5 aliphatic heterocycles. The number of fused-ring (bicyclic) bond motifs is 1. The van der Waals surface area contributed by atoms with Gasteiger partial charge in [-0.05, 0) is 38.5 Å². The molecular weight excluding hydrogens is 537 g/mol. The summed E-state index contributed by atoms with van der Waals surface area (Å²) in [6.07, 6.45) is 1.76. The van der Waals surface area contributed by atoms with Crippen LogP contribution in [-0.4, -0.2) is 108 Å². The second-order valence-corrected chi connectivity index (χ2v) is 13.7. The SMILES string of the molecule is COC1CNC(Cl)CC1C1CC(C)NCC1C(=O)NC1NC2CN(C(=O)C3C(C)NN(C)C3Cl)CC2S1. The Labute approximate surface area is 234 Å². The van der Waals surface area contributed by atoms with Crippen LogP contribution < -0.4 is 26.7 Å². The van der Waals surface area contributed by atoms with Crippen LogP contribution in [0.5, 0.6) is 0 Å². The molecule has 5 rings (SSSR count).